The van der Waals surface area contributed by atoms with Gasteiger partial charge in [0.15, 0.2) is 0 Å². The lowest BCUT2D eigenvalue weighted by Gasteiger charge is -2.40. The van der Waals surface area contributed by atoms with Gasteiger partial charge in [-0.1, -0.05) is 24.3 Å². The number of anilines is 1. The average Bonchev–Trinajstić information content (AvgIpc) is 2.87. The number of piperidine rings is 1. The predicted octanol–water partition coefficient (Wildman–Crippen LogP) is 4.23. The smallest absolute Gasteiger partial charge is 0.411 e. The maximum Gasteiger partial charge on any atom is 0.411 e. The molecule has 2 aromatic rings. The third-order valence-electron chi connectivity index (χ3n) is 6.70. The maximum absolute atomic E-state index is 13.6. The largest absolute Gasteiger partial charge is 0.497 e. The molecule has 8 heteroatoms. The van der Waals surface area contributed by atoms with Crippen LogP contribution < -0.4 is 10.1 Å². The van der Waals surface area contributed by atoms with Gasteiger partial charge in [-0.25, -0.2) is 4.79 Å². The number of rotatable bonds is 4. The van der Waals surface area contributed by atoms with Gasteiger partial charge >= 0.3 is 6.09 Å². The molecule has 0 aliphatic carbocycles. The second-order valence-electron chi connectivity index (χ2n) is 10.4. The van der Waals surface area contributed by atoms with E-state index >= 15 is 0 Å². The van der Waals surface area contributed by atoms with Crippen LogP contribution in [0.4, 0.5) is 10.5 Å². The summed E-state index contributed by atoms with van der Waals surface area (Å²) < 4.78 is 10.8. The van der Waals surface area contributed by atoms with E-state index < -0.39 is 17.7 Å². The van der Waals surface area contributed by atoms with Gasteiger partial charge in [0, 0.05) is 31.1 Å². The molecule has 2 aliphatic rings. The second kappa shape index (κ2) is 10.6. The second-order valence-corrected chi connectivity index (χ2v) is 10.4. The number of nitrogens with zero attached hydrogens (tertiary/aromatic N) is 2. The van der Waals surface area contributed by atoms with Gasteiger partial charge in [-0.2, -0.15) is 0 Å². The molecular weight excluding hydrogens is 458 g/mol. The number of fused-ring (bicyclic) bond motifs is 1. The van der Waals surface area contributed by atoms with Crippen molar-refractivity contribution >= 4 is 23.6 Å². The first-order chi connectivity index (χ1) is 17.1. The van der Waals surface area contributed by atoms with Crippen LogP contribution in [-0.4, -0.2) is 59.5 Å². The minimum atomic E-state index is -0.656. The molecule has 1 saturated heterocycles. The van der Waals surface area contributed by atoms with E-state index in [1.165, 1.54) is 0 Å². The van der Waals surface area contributed by atoms with Gasteiger partial charge in [0.2, 0.25) is 11.8 Å². The molecule has 0 saturated carbocycles. The molecule has 36 heavy (non-hydrogen) atoms. The highest BCUT2D eigenvalue weighted by Gasteiger charge is 2.40. The van der Waals surface area contributed by atoms with E-state index in [9.17, 15) is 14.4 Å². The summed E-state index contributed by atoms with van der Waals surface area (Å²) in [7, 11) is 1.60. The molecule has 0 bridgehead atoms. The van der Waals surface area contributed by atoms with Crippen LogP contribution in [0, 0.1) is 5.92 Å². The SMILES string of the molecule is COc1ccc(NC(=O)C2CCN(C(=O)[C@@H]3Cc4ccccc4CN3C(=O)OC(C)(C)C)CC2)cc1. The summed E-state index contributed by atoms with van der Waals surface area (Å²) in [5, 5.41) is 2.96. The fourth-order valence-electron chi connectivity index (χ4n) is 4.75. The molecule has 0 unspecified atom stereocenters. The third kappa shape index (κ3) is 5.98. The van der Waals surface area contributed by atoms with Crippen LogP contribution in [0.15, 0.2) is 48.5 Å². The van der Waals surface area contributed by atoms with Gasteiger partial charge in [0.25, 0.3) is 0 Å². The molecule has 2 heterocycles. The first kappa shape index (κ1) is 25.5. The van der Waals surface area contributed by atoms with E-state index in [4.69, 9.17) is 9.47 Å². The predicted molar refractivity (Wildman–Crippen MR) is 137 cm³/mol. The number of amides is 3. The van der Waals surface area contributed by atoms with Crippen LogP contribution in [0.1, 0.15) is 44.7 Å². The summed E-state index contributed by atoms with van der Waals surface area (Å²) in [6, 6.07) is 14.5. The Morgan fingerprint density at radius 1 is 0.944 bits per heavy atom. The Labute approximate surface area is 212 Å². The Bertz CT molecular complexity index is 1100. The van der Waals surface area contributed by atoms with Gasteiger partial charge in [0.1, 0.15) is 17.4 Å². The molecule has 2 aliphatic heterocycles. The highest BCUT2D eigenvalue weighted by molar-refractivity contribution is 5.93. The Balaban J connectivity index is 1.40. The van der Waals surface area contributed by atoms with Gasteiger partial charge in [0.05, 0.1) is 13.7 Å². The normalized spacial score (nSPS) is 18.3. The van der Waals surface area contributed by atoms with E-state index in [1.54, 1.807) is 29.0 Å². The van der Waals surface area contributed by atoms with E-state index in [2.05, 4.69) is 5.32 Å². The molecule has 4 rings (SSSR count). The Hall–Kier alpha value is -3.55. The van der Waals surface area contributed by atoms with Crippen LogP contribution in [0.5, 0.6) is 5.75 Å². The number of nitrogens with one attached hydrogen (secondary N) is 1. The van der Waals surface area contributed by atoms with Crippen molar-refractivity contribution in [1.29, 1.82) is 0 Å². The number of hydrogen-bond acceptors (Lipinski definition) is 5. The Morgan fingerprint density at radius 2 is 1.58 bits per heavy atom. The van der Waals surface area contributed by atoms with E-state index in [0.717, 1.165) is 16.9 Å². The summed E-state index contributed by atoms with van der Waals surface area (Å²) in [6.07, 6.45) is 1.11. The molecule has 0 spiro atoms. The number of hydrogen-bond donors (Lipinski definition) is 1. The minimum absolute atomic E-state index is 0.0470. The number of benzene rings is 2. The first-order valence-electron chi connectivity index (χ1n) is 12.4. The molecule has 8 nitrogen and oxygen atoms in total. The van der Waals surface area contributed by atoms with Crippen molar-refractivity contribution in [1.82, 2.24) is 9.80 Å². The van der Waals surface area contributed by atoms with Crippen molar-refractivity contribution in [2.24, 2.45) is 5.92 Å². The zero-order chi connectivity index (χ0) is 25.9. The quantitative estimate of drug-likeness (QED) is 0.689. The molecule has 0 aromatic heterocycles. The fourth-order valence-corrected chi connectivity index (χ4v) is 4.75. The molecule has 1 atom stereocenters. The lowest BCUT2D eigenvalue weighted by molar-refractivity contribution is -0.140. The maximum atomic E-state index is 13.6. The van der Waals surface area contributed by atoms with Crippen LogP contribution in [0.3, 0.4) is 0 Å². The first-order valence-corrected chi connectivity index (χ1v) is 12.4. The summed E-state index contributed by atoms with van der Waals surface area (Å²) in [5.41, 5.74) is 2.16. The number of carbonyl (C=O) groups is 3. The summed E-state index contributed by atoms with van der Waals surface area (Å²) in [5.74, 6) is 0.411. The number of likely N-dealkylation sites (tertiary alicyclic amines) is 1. The van der Waals surface area contributed by atoms with E-state index in [-0.39, 0.29) is 17.7 Å². The van der Waals surface area contributed by atoms with E-state index in [1.807, 2.05) is 57.2 Å². The highest BCUT2D eigenvalue weighted by atomic mass is 16.6. The third-order valence-corrected chi connectivity index (χ3v) is 6.70. The molecular formula is C28H35N3O5. The summed E-state index contributed by atoms with van der Waals surface area (Å²) >= 11 is 0. The molecule has 0 radical (unpaired) electrons. The molecule has 192 valence electrons. The van der Waals surface area contributed by atoms with Crippen LogP contribution in [0.25, 0.3) is 0 Å². The van der Waals surface area contributed by atoms with E-state index in [0.29, 0.717) is 44.6 Å². The van der Waals surface area contributed by atoms with Gasteiger partial charge < -0.3 is 19.7 Å². The lowest BCUT2D eigenvalue weighted by atomic mass is 9.91. The Morgan fingerprint density at radius 3 is 2.19 bits per heavy atom. The van der Waals surface area contributed by atoms with Crippen molar-refractivity contribution in [3.8, 4) is 5.75 Å². The van der Waals surface area contributed by atoms with Crippen molar-refractivity contribution in [2.75, 3.05) is 25.5 Å². The standard InChI is InChI=1S/C28H35N3O5/c1-28(2,3)36-27(34)31-18-21-8-6-5-7-20(21)17-24(31)26(33)30-15-13-19(14-16-30)25(32)29-22-9-11-23(35-4)12-10-22/h5-12,19,24H,13-18H2,1-4H3,(H,29,32)/t24-/m0/s1. The lowest BCUT2D eigenvalue weighted by Crippen LogP contribution is -2.56. The van der Waals surface area contributed by atoms with Crippen LogP contribution in [-0.2, 0) is 27.3 Å². The molecule has 2 aromatic carbocycles. The fraction of sp³-hybridized carbons (Fsp3) is 0.464. The monoisotopic (exact) mass is 493 g/mol. The van der Waals surface area contributed by atoms with Crippen molar-refractivity contribution in [2.45, 2.75) is 58.2 Å². The zero-order valence-corrected chi connectivity index (χ0v) is 21.5. The van der Waals surface area contributed by atoms with Crippen molar-refractivity contribution in [3.05, 3.63) is 59.7 Å². The van der Waals surface area contributed by atoms with Crippen molar-refractivity contribution < 1.29 is 23.9 Å². The summed E-state index contributed by atoms with van der Waals surface area (Å²) in [4.78, 5) is 42.8. The molecule has 3 amide bonds. The van der Waals surface area contributed by atoms with Gasteiger partial charge in [-0.3, -0.25) is 14.5 Å². The van der Waals surface area contributed by atoms with Crippen molar-refractivity contribution in [3.63, 3.8) is 0 Å². The Kier molecular flexibility index (Phi) is 7.52. The summed E-state index contributed by atoms with van der Waals surface area (Å²) in [6.45, 7) is 6.74. The number of methoxy groups -OCH3 is 1. The highest BCUT2D eigenvalue weighted by Crippen LogP contribution is 2.28. The molecule has 1 N–H and O–H groups in total. The van der Waals surface area contributed by atoms with Crippen LogP contribution >= 0.6 is 0 Å². The van der Waals surface area contributed by atoms with Crippen LogP contribution in [0.2, 0.25) is 0 Å². The average molecular weight is 494 g/mol. The van der Waals surface area contributed by atoms with Gasteiger partial charge in [-0.15, -0.1) is 0 Å². The molecule has 1 fully saturated rings. The van der Waals surface area contributed by atoms with Gasteiger partial charge in [-0.05, 0) is 69.0 Å². The topological polar surface area (TPSA) is 88.2 Å². The minimum Gasteiger partial charge on any atom is -0.497 e. The number of ether oxygens (including phenoxy) is 2. The number of carbonyl (C=O) groups excluding carboxylic acids is 3. The zero-order valence-electron chi connectivity index (χ0n) is 21.5.